The lowest BCUT2D eigenvalue weighted by atomic mass is 10.3. The molecule has 0 aromatic carbocycles. The number of aromatic nitrogens is 2. The SMILES string of the molecule is CCCc1nc(Br)cc(N(CC)C(C)C)n1. The van der Waals surface area contributed by atoms with Crippen molar-refractivity contribution in [2.24, 2.45) is 0 Å². The summed E-state index contributed by atoms with van der Waals surface area (Å²) in [6.07, 6.45) is 2.01. The van der Waals surface area contributed by atoms with Gasteiger partial charge in [0, 0.05) is 25.1 Å². The predicted molar refractivity (Wildman–Crippen MR) is 71.9 cm³/mol. The van der Waals surface area contributed by atoms with E-state index in [0.29, 0.717) is 6.04 Å². The maximum Gasteiger partial charge on any atom is 0.133 e. The van der Waals surface area contributed by atoms with E-state index in [4.69, 9.17) is 0 Å². The molecule has 0 saturated carbocycles. The highest BCUT2D eigenvalue weighted by Crippen LogP contribution is 2.19. The van der Waals surface area contributed by atoms with Crippen LogP contribution in [0.1, 0.15) is 39.9 Å². The lowest BCUT2D eigenvalue weighted by Gasteiger charge is -2.26. The Bertz CT molecular complexity index is 339. The summed E-state index contributed by atoms with van der Waals surface area (Å²) in [6.45, 7) is 9.62. The number of rotatable bonds is 5. The van der Waals surface area contributed by atoms with E-state index in [-0.39, 0.29) is 0 Å². The first kappa shape index (κ1) is 13.4. The molecule has 0 bridgehead atoms. The Labute approximate surface area is 106 Å². The van der Waals surface area contributed by atoms with Gasteiger partial charge in [0.25, 0.3) is 0 Å². The van der Waals surface area contributed by atoms with Crippen molar-refractivity contribution in [3.8, 4) is 0 Å². The van der Waals surface area contributed by atoms with Gasteiger partial charge in [0.05, 0.1) is 0 Å². The molecule has 0 aliphatic carbocycles. The molecule has 1 rings (SSSR count). The standard InChI is InChI=1S/C12H20BrN3/c1-5-7-11-14-10(13)8-12(15-11)16(6-2)9(3)4/h8-9H,5-7H2,1-4H3. The van der Waals surface area contributed by atoms with E-state index in [9.17, 15) is 0 Å². The first-order valence-corrected chi connectivity index (χ1v) is 6.67. The molecule has 0 saturated heterocycles. The van der Waals surface area contributed by atoms with Crippen LogP contribution in [0.15, 0.2) is 10.7 Å². The fraction of sp³-hybridized carbons (Fsp3) is 0.667. The number of aryl methyl sites for hydroxylation is 1. The lowest BCUT2D eigenvalue weighted by Crippen LogP contribution is -2.31. The molecule has 0 fully saturated rings. The van der Waals surface area contributed by atoms with Crippen LogP contribution in [-0.4, -0.2) is 22.6 Å². The van der Waals surface area contributed by atoms with Gasteiger partial charge in [0.2, 0.25) is 0 Å². The Hall–Kier alpha value is -0.640. The zero-order chi connectivity index (χ0) is 12.1. The van der Waals surface area contributed by atoms with Crippen molar-refractivity contribution < 1.29 is 0 Å². The van der Waals surface area contributed by atoms with E-state index in [1.54, 1.807) is 0 Å². The van der Waals surface area contributed by atoms with Crippen molar-refractivity contribution in [1.29, 1.82) is 0 Å². The van der Waals surface area contributed by atoms with Crippen LogP contribution in [0.2, 0.25) is 0 Å². The minimum atomic E-state index is 0.460. The normalized spacial score (nSPS) is 10.9. The van der Waals surface area contributed by atoms with Gasteiger partial charge in [-0.25, -0.2) is 9.97 Å². The van der Waals surface area contributed by atoms with Gasteiger partial charge in [0.1, 0.15) is 16.2 Å². The highest BCUT2D eigenvalue weighted by atomic mass is 79.9. The molecule has 0 N–H and O–H groups in total. The summed E-state index contributed by atoms with van der Waals surface area (Å²) in [6, 6.07) is 2.45. The molecule has 90 valence electrons. The van der Waals surface area contributed by atoms with Crippen LogP contribution in [0.4, 0.5) is 5.82 Å². The van der Waals surface area contributed by atoms with Crippen molar-refractivity contribution in [2.75, 3.05) is 11.4 Å². The van der Waals surface area contributed by atoms with Crippen LogP contribution in [0.25, 0.3) is 0 Å². The monoisotopic (exact) mass is 285 g/mol. The molecule has 1 aromatic rings. The van der Waals surface area contributed by atoms with Gasteiger partial charge in [-0.1, -0.05) is 6.92 Å². The molecule has 1 heterocycles. The van der Waals surface area contributed by atoms with E-state index in [0.717, 1.165) is 35.6 Å². The number of anilines is 1. The first-order valence-electron chi connectivity index (χ1n) is 5.88. The van der Waals surface area contributed by atoms with Gasteiger partial charge in [-0.05, 0) is 43.1 Å². The Kier molecular flexibility index (Phi) is 5.19. The number of hydrogen-bond acceptors (Lipinski definition) is 3. The second kappa shape index (κ2) is 6.18. The molecule has 0 unspecified atom stereocenters. The zero-order valence-corrected chi connectivity index (χ0v) is 12.1. The zero-order valence-electron chi connectivity index (χ0n) is 10.5. The van der Waals surface area contributed by atoms with Gasteiger partial charge >= 0.3 is 0 Å². The molecule has 0 spiro atoms. The van der Waals surface area contributed by atoms with E-state index >= 15 is 0 Å². The molecule has 1 aromatic heterocycles. The molecule has 4 heteroatoms. The average molecular weight is 286 g/mol. The van der Waals surface area contributed by atoms with Crippen molar-refractivity contribution in [3.63, 3.8) is 0 Å². The van der Waals surface area contributed by atoms with Crippen LogP contribution >= 0.6 is 15.9 Å². The van der Waals surface area contributed by atoms with Gasteiger partial charge in [-0.3, -0.25) is 0 Å². The molecule has 0 aliphatic heterocycles. The van der Waals surface area contributed by atoms with Crippen LogP contribution in [-0.2, 0) is 6.42 Å². The minimum Gasteiger partial charge on any atom is -0.354 e. The van der Waals surface area contributed by atoms with Crippen LogP contribution in [0.3, 0.4) is 0 Å². The summed E-state index contributed by atoms with van der Waals surface area (Å²) >= 11 is 3.45. The van der Waals surface area contributed by atoms with Gasteiger partial charge < -0.3 is 4.90 Å². The fourth-order valence-electron chi connectivity index (χ4n) is 1.73. The first-order chi connectivity index (χ1) is 7.58. The summed E-state index contributed by atoms with van der Waals surface area (Å²) in [5.74, 6) is 1.94. The number of halogens is 1. The quantitative estimate of drug-likeness (QED) is 0.777. The molecular formula is C12H20BrN3. The summed E-state index contributed by atoms with van der Waals surface area (Å²) in [5, 5.41) is 0. The molecule has 0 radical (unpaired) electrons. The lowest BCUT2D eigenvalue weighted by molar-refractivity contribution is 0.685. The summed E-state index contributed by atoms with van der Waals surface area (Å²) in [7, 11) is 0. The summed E-state index contributed by atoms with van der Waals surface area (Å²) in [5.41, 5.74) is 0. The van der Waals surface area contributed by atoms with Crippen molar-refractivity contribution in [1.82, 2.24) is 9.97 Å². The van der Waals surface area contributed by atoms with E-state index in [2.05, 4.69) is 58.5 Å². The topological polar surface area (TPSA) is 29.0 Å². The second-order valence-electron chi connectivity index (χ2n) is 4.09. The smallest absolute Gasteiger partial charge is 0.133 e. The van der Waals surface area contributed by atoms with Gasteiger partial charge in [0.15, 0.2) is 0 Å². The second-order valence-corrected chi connectivity index (χ2v) is 4.91. The van der Waals surface area contributed by atoms with E-state index in [1.165, 1.54) is 0 Å². The molecule has 3 nitrogen and oxygen atoms in total. The van der Waals surface area contributed by atoms with Crippen molar-refractivity contribution in [2.45, 2.75) is 46.6 Å². The molecule has 16 heavy (non-hydrogen) atoms. The highest BCUT2D eigenvalue weighted by molar-refractivity contribution is 9.10. The third-order valence-electron chi connectivity index (χ3n) is 2.46. The molecule has 0 amide bonds. The predicted octanol–water partition coefficient (Wildman–Crippen LogP) is 3.43. The number of nitrogens with zero attached hydrogens (tertiary/aromatic N) is 3. The third kappa shape index (κ3) is 3.44. The van der Waals surface area contributed by atoms with Crippen LogP contribution in [0.5, 0.6) is 0 Å². The van der Waals surface area contributed by atoms with E-state index < -0.39 is 0 Å². The molecule has 0 atom stereocenters. The Morgan fingerprint density at radius 2 is 2.00 bits per heavy atom. The maximum atomic E-state index is 4.60. The van der Waals surface area contributed by atoms with Gasteiger partial charge in [-0.2, -0.15) is 0 Å². The average Bonchev–Trinajstić information content (AvgIpc) is 2.17. The summed E-state index contributed by atoms with van der Waals surface area (Å²) in [4.78, 5) is 11.2. The van der Waals surface area contributed by atoms with E-state index in [1.807, 2.05) is 6.07 Å². The molecular weight excluding hydrogens is 266 g/mol. The Morgan fingerprint density at radius 3 is 2.50 bits per heavy atom. The minimum absolute atomic E-state index is 0.460. The fourth-order valence-corrected chi connectivity index (χ4v) is 2.14. The Balaban J connectivity index is 3.02. The van der Waals surface area contributed by atoms with Crippen molar-refractivity contribution in [3.05, 3.63) is 16.5 Å². The Morgan fingerprint density at radius 1 is 1.31 bits per heavy atom. The van der Waals surface area contributed by atoms with Crippen LogP contribution < -0.4 is 4.90 Å². The van der Waals surface area contributed by atoms with Gasteiger partial charge in [-0.15, -0.1) is 0 Å². The molecule has 0 aliphatic rings. The highest BCUT2D eigenvalue weighted by Gasteiger charge is 2.11. The summed E-state index contributed by atoms with van der Waals surface area (Å²) < 4.78 is 0.875. The third-order valence-corrected chi connectivity index (χ3v) is 2.87. The van der Waals surface area contributed by atoms with Crippen LogP contribution in [0, 0.1) is 0 Å². The number of hydrogen-bond donors (Lipinski definition) is 0. The maximum absolute atomic E-state index is 4.60. The van der Waals surface area contributed by atoms with Crippen molar-refractivity contribution >= 4 is 21.7 Å². The largest absolute Gasteiger partial charge is 0.354 e.